The van der Waals surface area contributed by atoms with E-state index in [1.54, 1.807) is 11.8 Å². The lowest BCUT2D eigenvalue weighted by atomic mass is 9.89. The molecule has 0 aromatic rings. The lowest BCUT2D eigenvalue weighted by molar-refractivity contribution is -0.122. The maximum absolute atomic E-state index is 11.9. The van der Waals surface area contributed by atoms with Crippen LogP contribution in [0.25, 0.3) is 0 Å². The van der Waals surface area contributed by atoms with E-state index < -0.39 is 0 Å². The third kappa shape index (κ3) is 4.14. The van der Waals surface area contributed by atoms with E-state index in [2.05, 4.69) is 29.5 Å². The second-order valence-corrected chi connectivity index (χ2v) is 7.59. The molecule has 0 bridgehead atoms. The second kappa shape index (κ2) is 6.83. The molecule has 2 N–H and O–H groups in total. The van der Waals surface area contributed by atoms with Crippen LogP contribution in [-0.2, 0) is 4.79 Å². The molecule has 1 aliphatic carbocycles. The van der Waals surface area contributed by atoms with E-state index in [1.165, 1.54) is 25.7 Å². The molecular formula is C15H27N3OS. The van der Waals surface area contributed by atoms with Crippen molar-refractivity contribution in [3.63, 3.8) is 0 Å². The summed E-state index contributed by atoms with van der Waals surface area (Å²) in [4.78, 5) is 16.6. The molecule has 1 spiro atoms. The summed E-state index contributed by atoms with van der Waals surface area (Å²) in [6.45, 7) is 7.76. The topological polar surface area (TPSA) is 53.5 Å². The van der Waals surface area contributed by atoms with Gasteiger partial charge in [0, 0.05) is 18.8 Å². The van der Waals surface area contributed by atoms with Crippen molar-refractivity contribution in [3.05, 3.63) is 0 Å². The highest BCUT2D eigenvalue weighted by Gasteiger charge is 2.36. The van der Waals surface area contributed by atoms with Crippen LogP contribution >= 0.6 is 11.8 Å². The Morgan fingerprint density at radius 3 is 2.60 bits per heavy atom. The van der Waals surface area contributed by atoms with Crippen LogP contribution in [0.4, 0.5) is 0 Å². The van der Waals surface area contributed by atoms with Gasteiger partial charge in [0.05, 0.1) is 0 Å². The van der Waals surface area contributed by atoms with Gasteiger partial charge in [0.2, 0.25) is 5.91 Å². The third-order valence-electron chi connectivity index (χ3n) is 4.16. The number of rotatable bonds is 4. The first-order valence-electron chi connectivity index (χ1n) is 7.72. The normalized spacial score (nSPS) is 22.7. The zero-order valence-corrected chi connectivity index (χ0v) is 13.7. The van der Waals surface area contributed by atoms with Gasteiger partial charge in [-0.2, -0.15) is 0 Å². The first-order valence-corrected chi connectivity index (χ1v) is 8.71. The first kappa shape index (κ1) is 15.7. The Bertz CT molecular complexity index is 375. The number of hydrogen-bond acceptors (Lipinski definition) is 4. The fraction of sp³-hybridized carbons (Fsp3) is 0.867. The monoisotopic (exact) mass is 297 g/mol. The quantitative estimate of drug-likeness (QED) is 0.838. The first-order chi connectivity index (χ1) is 9.51. The van der Waals surface area contributed by atoms with Crippen LogP contribution in [0.2, 0.25) is 0 Å². The Hall–Kier alpha value is -0.710. The molecule has 1 aliphatic heterocycles. The van der Waals surface area contributed by atoms with Crippen LogP contribution in [0.3, 0.4) is 0 Å². The molecule has 0 saturated heterocycles. The van der Waals surface area contributed by atoms with Gasteiger partial charge in [-0.05, 0) is 31.1 Å². The lowest BCUT2D eigenvalue weighted by Crippen LogP contribution is -2.46. The third-order valence-corrected chi connectivity index (χ3v) is 5.43. The molecule has 1 heterocycles. The van der Waals surface area contributed by atoms with Gasteiger partial charge in [0.1, 0.15) is 6.04 Å². The van der Waals surface area contributed by atoms with Crippen molar-refractivity contribution in [2.24, 2.45) is 16.3 Å². The van der Waals surface area contributed by atoms with Crippen molar-refractivity contribution in [3.8, 4) is 0 Å². The summed E-state index contributed by atoms with van der Waals surface area (Å²) in [6.07, 6.45) is 5.35. The average Bonchev–Trinajstić information content (AvgIpc) is 2.87. The Morgan fingerprint density at radius 1 is 1.35 bits per heavy atom. The van der Waals surface area contributed by atoms with E-state index >= 15 is 0 Å². The number of amides is 1. The number of nitrogens with one attached hydrogen (secondary N) is 2. The van der Waals surface area contributed by atoms with E-state index in [0.29, 0.717) is 11.3 Å². The van der Waals surface area contributed by atoms with E-state index in [1.807, 2.05) is 6.92 Å². The fourth-order valence-electron chi connectivity index (χ4n) is 2.78. The van der Waals surface area contributed by atoms with Crippen LogP contribution < -0.4 is 10.6 Å². The summed E-state index contributed by atoms with van der Waals surface area (Å²) in [5, 5.41) is 7.14. The molecule has 114 valence electrons. The van der Waals surface area contributed by atoms with Crippen LogP contribution in [0.1, 0.15) is 46.5 Å². The molecule has 0 aromatic heterocycles. The number of carbonyl (C=O) groups is 1. The van der Waals surface area contributed by atoms with Gasteiger partial charge < -0.3 is 10.6 Å². The van der Waals surface area contributed by atoms with Crippen LogP contribution in [0.5, 0.6) is 0 Å². The SMILES string of the molecule is CC(C)CNC(=O)C(C)NC1=NCC2(CCCC2)CS1. The van der Waals surface area contributed by atoms with E-state index in [-0.39, 0.29) is 11.9 Å². The van der Waals surface area contributed by atoms with Crippen molar-refractivity contribution in [2.45, 2.75) is 52.5 Å². The molecule has 4 nitrogen and oxygen atoms in total. The van der Waals surface area contributed by atoms with Gasteiger partial charge >= 0.3 is 0 Å². The van der Waals surface area contributed by atoms with Crippen LogP contribution in [0, 0.1) is 11.3 Å². The van der Waals surface area contributed by atoms with Crippen molar-refractivity contribution < 1.29 is 4.79 Å². The van der Waals surface area contributed by atoms with E-state index in [9.17, 15) is 4.79 Å². The lowest BCUT2D eigenvalue weighted by Gasteiger charge is -2.31. The van der Waals surface area contributed by atoms with Gasteiger partial charge in [-0.25, -0.2) is 0 Å². The molecule has 2 rings (SSSR count). The molecule has 1 unspecified atom stereocenters. The minimum Gasteiger partial charge on any atom is -0.354 e. The molecule has 5 heteroatoms. The number of aliphatic imine (C=N–C) groups is 1. The fourth-order valence-corrected chi connectivity index (χ4v) is 4.01. The zero-order valence-electron chi connectivity index (χ0n) is 12.9. The molecule has 0 radical (unpaired) electrons. The summed E-state index contributed by atoms with van der Waals surface area (Å²) in [5.41, 5.74) is 0.457. The molecule has 1 atom stereocenters. The highest BCUT2D eigenvalue weighted by molar-refractivity contribution is 8.13. The smallest absolute Gasteiger partial charge is 0.242 e. The van der Waals surface area contributed by atoms with Crippen molar-refractivity contribution >= 4 is 22.8 Å². The highest BCUT2D eigenvalue weighted by Crippen LogP contribution is 2.43. The van der Waals surface area contributed by atoms with Gasteiger partial charge in [-0.1, -0.05) is 38.5 Å². The average molecular weight is 297 g/mol. The Morgan fingerprint density at radius 2 is 2.05 bits per heavy atom. The molecule has 0 aromatic carbocycles. The number of nitrogens with zero attached hydrogens (tertiary/aromatic N) is 1. The summed E-state index contributed by atoms with van der Waals surface area (Å²) in [5.74, 6) is 1.69. The summed E-state index contributed by atoms with van der Waals surface area (Å²) in [6, 6.07) is -0.211. The second-order valence-electron chi connectivity index (χ2n) is 6.62. The summed E-state index contributed by atoms with van der Waals surface area (Å²) < 4.78 is 0. The van der Waals surface area contributed by atoms with Crippen LogP contribution in [-0.4, -0.2) is 36.0 Å². The van der Waals surface area contributed by atoms with E-state index in [0.717, 1.165) is 24.0 Å². The highest BCUT2D eigenvalue weighted by atomic mass is 32.2. The van der Waals surface area contributed by atoms with Gasteiger partial charge in [-0.3, -0.25) is 9.79 Å². The standard InChI is InChI=1S/C15H27N3OS/c1-11(2)8-16-13(19)12(3)18-14-17-9-15(10-20-14)6-4-5-7-15/h11-12H,4-10H2,1-3H3,(H,16,19)(H,17,18). The molecule has 1 amide bonds. The molecule has 1 fully saturated rings. The van der Waals surface area contributed by atoms with Crippen molar-refractivity contribution in [1.29, 1.82) is 0 Å². The van der Waals surface area contributed by atoms with Gasteiger partial charge in [0.25, 0.3) is 0 Å². The molecule has 1 saturated carbocycles. The minimum absolute atomic E-state index is 0.0585. The predicted octanol–water partition coefficient (Wildman–Crippen LogP) is 2.40. The maximum Gasteiger partial charge on any atom is 0.242 e. The maximum atomic E-state index is 11.9. The number of carbonyl (C=O) groups excluding carboxylic acids is 1. The Labute approximate surface area is 126 Å². The predicted molar refractivity (Wildman–Crippen MR) is 86.1 cm³/mol. The van der Waals surface area contributed by atoms with Gasteiger partial charge in [0.15, 0.2) is 5.17 Å². The largest absolute Gasteiger partial charge is 0.354 e. The van der Waals surface area contributed by atoms with E-state index in [4.69, 9.17) is 0 Å². The number of amidine groups is 1. The van der Waals surface area contributed by atoms with Crippen molar-refractivity contribution in [1.82, 2.24) is 10.6 Å². The molecular weight excluding hydrogens is 270 g/mol. The Kier molecular flexibility index (Phi) is 5.35. The number of hydrogen-bond donors (Lipinski definition) is 2. The minimum atomic E-state index is -0.211. The molecule has 20 heavy (non-hydrogen) atoms. The molecule has 2 aliphatic rings. The van der Waals surface area contributed by atoms with Crippen molar-refractivity contribution in [2.75, 3.05) is 18.8 Å². The Balaban J connectivity index is 1.78. The number of thioether (sulfide) groups is 1. The van der Waals surface area contributed by atoms with Gasteiger partial charge in [-0.15, -0.1) is 0 Å². The summed E-state index contributed by atoms with van der Waals surface area (Å²) >= 11 is 1.79. The van der Waals surface area contributed by atoms with Crippen LogP contribution in [0.15, 0.2) is 4.99 Å². The summed E-state index contributed by atoms with van der Waals surface area (Å²) in [7, 11) is 0. The zero-order chi connectivity index (χ0) is 14.6.